The van der Waals surface area contributed by atoms with Crippen LogP contribution in [0.25, 0.3) is 10.9 Å². The Morgan fingerprint density at radius 2 is 2.05 bits per heavy atom. The van der Waals surface area contributed by atoms with Crippen LogP contribution in [-0.2, 0) is 0 Å². The molecule has 104 valence electrons. The van der Waals surface area contributed by atoms with E-state index in [1.165, 1.54) is 13.0 Å². The summed E-state index contributed by atoms with van der Waals surface area (Å²) in [6.07, 6.45) is 1.62. The topological polar surface area (TPSA) is 62.0 Å². The summed E-state index contributed by atoms with van der Waals surface area (Å²) in [4.78, 5) is 27.2. The number of carbonyl (C=O) groups is 1. The molecule has 0 aliphatic carbocycles. The molecule has 0 unspecified atom stereocenters. The number of rotatable bonds is 4. The molecule has 1 aromatic carbocycles. The summed E-state index contributed by atoms with van der Waals surface area (Å²) in [7, 11) is 0. The number of nitrogens with one attached hydrogen (secondary N) is 2. The van der Waals surface area contributed by atoms with E-state index in [-0.39, 0.29) is 21.8 Å². The first-order valence-corrected chi connectivity index (χ1v) is 6.62. The van der Waals surface area contributed by atoms with E-state index >= 15 is 0 Å². The Morgan fingerprint density at radius 1 is 1.40 bits per heavy atom. The summed E-state index contributed by atoms with van der Waals surface area (Å²) < 4.78 is 0. The minimum absolute atomic E-state index is 0.0310. The van der Waals surface area contributed by atoms with Gasteiger partial charge in [-0.05, 0) is 19.1 Å². The predicted octanol–water partition coefficient (Wildman–Crippen LogP) is 3.64. The van der Waals surface area contributed by atoms with E-state index in [2.05, 4.69) is 16.9 Å². The molecular formula is C14H12Cl2N2O2. The van der Waals surface area contributed by atoms with Crippen molar-refractivity contribution in [1.29, 1.82) is 0 Å². The van der Waals surface area contributed by atoms with E-state index in [9.17, 15) is 9.59 Å². The van der Waals surface area contributed by atoms with Crippen molar-refractivity contribution in [3.63, 3.8) is 0 Å². The summed E-state index contributed by atoms with van der Waals surface area (Å²) in [5.41, 5.74) is -0.00504. The molecule has 0 atom stereocenters. The zero-order chi connectivity index (χ0) is 14.9. The minimum Gasteiger partial charge on any atom is -0.367 e. The molecule has 0 aliphatic rings. The van der Waals surface area contributed by atoms with Crippen LogP contribution >= 0.6 is 23.2 Å². The van der Waals surface area contributed by atoms with Crippen molar-refractivity contribution in [3.8, 4) is 0 Å². The fraction of sp³-hybridized carbons (Fsp3) is 0.143. The van der Waals surface area contributed by atoms with Crippen LogP contribution in [0.5, 0.6) is 0 Å². The maximum atomic E-state index is 12.5. The van der Waals surface area contributed by atoms with Crippen LogP contribution < -0.4 is 10.7 Å². The maximum absolute atomic E-state index is 12.5. The summed E-state index contributed by atoms with van der Waals surface area (Å²) in [6.45, 7) is 5.31. The Morgan fingerprint density at radius 3 is 2.65 bits per heavy atom. The average molecular weight is 311 g/mol. The van der Waals surface area contributed by atoms with Gasteiger partial charge in [-0.2, -0.15) is 0 Å². The number of hydrogen-bond donors (Lipinski definition) is 2. The van der Waals surface area contributed by atoms with E-state index in [1.54, 1.807) is 12.1 Å². The van der Waals surface area contributed by atoms with Gasteiger partial charge in [0.2, 0.25) is 5.43 Å². The van der Waals surface area contributed by atoms with Gasteiger partial charge in [-0.15, -0.1) is 6.58 Å². The average Bonchev–Trinajstić information content (AvgIpc) is 2.39. The SMILES string of the molecule is C=CCNc1[nH]c2c(Cl)ccc(Cl)c2c(=O)c1C(C)=O. The number of ketones is 1. The Balaban J connectivity index is 2.89. The number of H-pyrrole nitrogens is 1. The molecule has 0 saturated heterocycles. The van der Waals surface area contributed by atoms with Gasteiger partial charge in [0.15, 0.2) is 5.78 Å². The van der Waals surface area contributed by atoms with Crippen molar-refractivity contribution in [2.75, 3.05) is 11.9 Å². The number of fused-ring (bicyclic) bond motifs is 1. The third-order valence-electron chi connectivity index (χ3n) is 2.83. The molecule has 0 spiro atoms. The highest BCUT2D eigenvalue weighted by Crippen LogP contribution is 2.28. The number of aromatic amines is 1. The molecule has 4 nitrogen and oxygen atoms in total. The monoisotopic (exact) mass is 310 g/mol. The summed E-state index contributed by atoms with van der Waals surface area (Å²) >= 11 is 12.1. The highest BCUT2D eigenvalue weighted by molar-refractivity contribution is 6.40. The van der Waals surface area contributed by atoms with Crippen LogP contribution in [0, 0.1) is 0 Å². The molecule has 0 radical (unpaired) electrons. The van der Waals surface area contributed by atoms with E-state index < -0.39 is 5.43 Å². The van der Waals surface area contributed by atoms with Crippen LogP contribution in [0.2, 0.25) is 10.0 Å². The standard InChI is InChI=1S/C14H12Cl2N2O2/c1-3-6-17-14-10(7(2)19)13(20)11-8(15)4-5-9(16)12(11)18-14/h3-5H,1,6H2,2H3,(H2,17,18,20). The first-order chi connectivity index (χ1) is 9.47. The molecule has 0 fully saturated rings. The van der Waals surface area contributed by atoms with E-state index in [0.29, 0.717) is 22.9 Å². The molecule has 1 aromatic heterocycles. The molecule has 1 heterocycles. The van der Waals surface area contributed by atoms with Gasteiger partial charge in [0.25, 0.3) is 0 Å². The van der Waals surface area contributed by atoms with Gasteiger partial charge in [0.05, 0.1) is 20.9 Å². The van der Waals surface area contributed by atoms with E-state index in [4.69, 9.17) is 23.2 Å². The number of anilines is 1. The Labute approximate surface area is 125 Å². The predicted molar refractivity (Wildman–Crippen MR) is 83.3 cm³/mol. The second kappa shape index (κ2) is 5.69. The zero-order valence-electron chi connectivity index (χ0n) is 10.7. The van der Waals surface area contributed by atoms with Crippen molar-refractivity contribution in [1.82, 2.24) is 4.98 Å². The first-order valence-electron chi connectivity index (χ1n) is 5.87. The largest absolute Gasteiger partial charge is 0.367 e. The fourth-order valence-corrected chi connectivity index (χ4v) is 2.41. The third kappa shape index (κ3) is 2.44. The van der Waals surface area contributed by atoms with Gasteiger partial charge >= 0.3 is 0 Å². The van der Waals surface area contributed by atoms with Crippen molar-refractivity contribution < 1.29 is 4.79 Å². The first kappa shape index (κ1) is 14.6. The van der Waals surface area contributed by atoms with Gasteiger partial charge < -0.3 is 10.3 Å². The summed E-state index contributed by atoms with van der Waals surface area (Å²) in [6, 6.07) is 3.12. The van der Waals surface area contributed by atoms with Gasteiger partial charge in [-0.25, -0.2) is 0 Å². The third-order valence-corrected chi connectivity index (χ3v) is 3.46. The van der Waals surface area contributed by atoms with Crippen LogP contribution in [-0.4, -0.2) is 17.3 Å². The zero-order valence-corrected chi connectivity index (χ0v) is 12.2. The molecule has 20 heavy (non-hydrogen) atoms. The van der Waals surface area contributed by atoms with Gasteiger partial charge in [0.1, 0.15) is 11.4 Å². The number of hydrogen-bond acceptors (Lipinski definition) is 3. The van der Waals surface area contributed by atoms with Gasteiger partial charge in [0, 0.05) is 6.54 Å². The van der Waals surface area contributed by atoms with Crippen molar-refractivity contribution in [2.45, 2.75) is 6.92 Å². The lowest BCUT2D eigenvalue weighted by Gasteiger charge is -2.12. The lowest BCUT2D eigenvalue weighted by atomic mass is 10.1. The molecule has 0 bridgehead atoms. The molecule has 0 saturated carbocycles. The van der Waals surface area contributed by atoms with Crippen LogP contribution in [0.4, 0.5) is 5.82 Å². The Hall–Kier alpha value is -1.78. The molecule has 2 N–H and O–H groups in total. The molecule has 2 aromatic rings. The van der Waals surface area contributed by atoms with Crippen LogP contribution in [0.3, 0.4) is 0 Å². The number of benzene rings is 1. The highest BCUT2D eigenvalue weighted by Gasteiger charge is 2.18. The minimum atomic E-state index is -0.440. The van der Waals surface area contributed by atoms with Gasteiger partial charge in [-0.3, -0.25) is 9.59 Å². The number of pyridine rings is 1. The van der Waals surface area contributed by atoms with Crippen molar-refractivity contribution in [2.24, 2.45) is 0 Å². The van der Waals surface area contributed by atoms with Crippen molar-refractivity contribution in [3.05, 3.63) is 50.6 Å². The number of Topliss-reactive ketones (excluding diaryl/α,β-unsaturated/α-hetero) is 1. The van der Waals surface area contributed by atoms with Crippen LogP contribution in [0.15, 0.2) is 29.6 Å². The highest BCUT2D eigenvalue weighted by atomic mass is 35.5. The number of aromatic nitrogens is 1. The Bertz CT molecular complexity index is 766. The molecule has 6 heteroatoms. The smallest absolute Gasteiger partial charge is 0.203 e. The van der Waals surface area contributed by atoms with Crippen LogP contribution in [0.1, 0.15) is 17.3 Å². The van der Waals surface area contributed by atoms with E-state index in [0.717, 1.165) is 0 Å². The molecule has 0 aliphatic heterocycles. The number of carbonyl (C=O) groups excluding carboxylic acids is 1. The molecular weight excluding hydrogens is 299 g/mol. The quantitative estimate of drug-likeness (QED) is 0.669. The summed E-state index contributed by atoms with van der Waals surface area (Å²) in [5, 5.41) is 3.76. The van der Waals surface area contributed by atoms with Gasteiger partial charge in [-0.1, -0.05) is 29.3 Å². The normalized spacial score (nSPS) is 10.6. The summed E-state index contributed by atoms with van der Waals surface area (Å²) in [5.74, 6) is -0.0326. The second-order valence-corrected chi connectivity index (χ2v) is 5.02. The molecule has 2 rings (SSSR count). The maximum Gasteiger partial charge on any atom is 0.203 e. The lowest BCUT2D eigenvalue weighted by molar-refractivity contribution is 0.101. The number of halogens is 2. The van der Waals surface area contributed by atoms with E-state index in [1.807, 2.05) is 0 Å². The lowest BCUT2D eigenvalue weighted by Crippen LogP contribution is -2.19. The Kier molecular flexibility index (Phi) is 4.16. The fourth-order valence-electron chi connectivity index (χ4n) is 1.96. The second-order valence-electron chi connectivity index (χ2n) is 4.21. The molecule has 0 amide bonds. The van der Waals surface area contributed by atoms with Crippen molar-refractivity contribution >= 4 is 45.7 Å².